The first kappa shape index (κ1) is 16.0. The summed E-state index contributed by atoms with van der Waals surface area (Å²) < 4.78 is 0. The van der Waals surface area contributed by atoms with Gasteiger partial charge in [0.25, 0.3) is 0 Å². The average Bonchev–Trinajstić information content (AvgIpc) is 2.72. The molecule has 2 unspecified atom stereocenters. The molecule has 0 spiro atoms. The molecule has 0 saturated carbocycles. The number of hydrogen-bond acceptors (Lipinski definition) is 1. The van der Waals surface area contributed by atoms with Crippen molar-refractivity contribution < 1.29 is 0 Å². The van der Waals surface area contributed by atoms with Gasteiger partial charge < -0.3 is 5.32 Å². The molecule has 1 heteroatoms. The normalized spacial score (nSPS) is 19.9. The van der Waals surface area contributed by atoms with Gasteiger partial charge in [-0.25, -0.2) is 0 Å². The van der Waals surface area contributed by atoms with Crippen LogP contribution in [0.5, 0.6) is 0 Å². The van der Waals surface area contributed by atoms with Crippen molar-refractivity contribution in [1.29, 1.82) is 0 Å². The zero-order valence-electron chi connectivity index (χ0n) is 14.2. The van der Waals surface area contributed by atoms with Gasteiger partial charge >= 0.3 is 0 Å². The van der Waals surface area contributed by atoms with Gasteiger partial charge in [-0.05, 0) is 56.0 Å². The minimum Gasteiger partial charge on any atom is -0.310 e. The van der Waals surface area contributed by atoms with E-state index in [4.69, 9.17) is 0 Å². The van der Waals surface area contributed by atoms with E-state index in [0.717, 1.165) is 6.54 Å². The van der Waals surface area contributed by atoms with Crippen molar-refractivity contribution in [2.24, 2.45) is 5.92 Å². The Hall–Kier alpha value is -1.34. The third-order valence-electron chi connectivity index (χ3n) is 4.65. The summed E-state index contributed by atoms with van der Waals surface area (Å²) in [5, 5.41) is 3.66. The SMILES string of the molecule is CCCCNC(C)c1ccccc1C1=C(C)C(C)=CC1C. The molecular weight excluding hydrogens is 254 g/mol. The van der Waals surface area contributed by atoms with Crippen LogP contribution in [-0.2, 0) is 0 Å². The van der Waals surface area contributed by atoms with Gasteiger partial charge in [0.15, 0.2) is 0 Å². The largest absolute Gasteiger partial charge is 0.310 e. The van der Waals surface area contributed by atoms with Crippen LogP contribution in [0.1, 0.15) is 64.6 Å². The quantitative estimate of drug-likeness (QED) is 0.679. The molecule has 2 rings (SSSR count). The van der Waals surface area contributed by atoms with Crippen LogP contribution in [0, 0.1) is 5.92 Å². The Bertz CT molecular complexity index is 551. The highest BCUT2D eigenvalue weighted by molar-refractivity contribution is 5.79. The van der Waals surface area contributed by atoms with E-state index in [1.54, 1.807) is 0 Å². The van der Waals surface area contributed by atoms with Crippen LogP contribution in [0.25, 0.3) is 5.57 Å². The monoisotopic (exact) mass is 283 g/mol. The molecule has 0 aromatic heterocycles. The Morgan fingerprint density at radius 2 is 1.90 bits per heavy atom. The Morgan fingerprint density at radius 1 is 1.19 bits per heavy atom. The maximum Gasteiger partial charge on any atom is 0.0297 e. The van der Waals surface area contributed by atoms with Crippen LogP contribution < -0.4 is 5.32 Å². The molecule has 1 N–H and O–H groups in total. The van der Waals surface area contributed by atoms with Gasteiger partial charge in [-0.2, -0.15) is 0 Å². The van der Waals surface area contributed by atoms with Crippen LogP contribution in [0.15, 0.2) is 41.5 Å². The molecular formula is C20H29N. The molecule has 21 heavy (non-hydrogen) atoms. The molecule has 1 aromatic rings. The number of hydrogen-bond donors (Lipinski definition) is 1. The first-order valence-electron chi connectivity index (χ1n) is 8.28. The van der Waals surface area contributed by atoms with Crippen molar-refractivity contribution in [3.63, 3.8) is 0 Å². The predicted molar refractivity (Wildman–Crippen MR) is 93.3 cm³/mol. The van der Waals surface area contributed by atoms with Crippen molar-refractivity contribution >= 4 is 5.57 Å². The summed E-state index contributed by atoms with van der Waals surface area (Å²) in [6, 6.07) is 9.29. The van der Waals surface area contributed by atoms with Crippen LogP contribution in [-0.4, -0.2) is 6.54 Å². The third kappa shape index (κ3) is 3.47. The topological polar surface area (TPSA) is 12.0 Å². The zero-order valence-corrected chi connectivity index (χ0v) is 14.2. The lowest BCUT2D eigenvalue weighted by Gasteiger charge is -2.21. The van der Waals surface area contributed by atoms with Gasteiger partial charge in [-0.3, -0.25) is 0 Å². The fraction of sp³-hybridized carbons (Fsp3) is 0.500. The highest BCUT2D eigenvalue weighted by Gasteiger charge is 2.22. The van der Waals surface area contributed by atoms with E-state index in [2.05, 4.69) is 70.3 Å². The summed E-state index contributed by atoms with van der Waals surface area (Å²) in [7, 11) is 0. The van der Waals surface area contributed by atoms with Gasteiger partial charge in [-0.15, -0.1) is 0 Å². The minimum absolute atomic E-state index is 0.404. The maximum atomic E-state index is 3.66. The first-order valence-corrected chi connectivity index (χ1v) is 8.28. The maximum absolute atomic E-state index is 3.66. The molecule has 1 aliphatic carbocycles. The van der Waals surface area contributed by atoms with Gasteiger partial charge in [0, 0.05) is 12.0 Å². The molecule has 0 bridgehead atoms. The zero-order chi connectivity index (χ0) is 15.4. The molecule has 0 amide bonds. The highest BCUT2D eigenvalue weighted by Crippen LogP contribution is 2.39. The van der Waals surface area contributed by atoms with E-state index >= 15 is 0 Å². The van der Waals surface area contributed by atoms with Crippen LogP contribution in [0.4, 0.5) is 0 Å². The van der Waals surface area contributed by atoms with E-state index in [1.807, 2.05) is 0 Å². The van der Waals surface area contributed by atoms with Crippen molar-refractivity contribution in [3.05, 3.63) is 52.6 Å². The molecule has 114 valence electrons. The van der Waals surface area contributed by atoms with Gasteiger partial charge in [0.2, 0.25) is 0 Å². The summed E-state index contributed by atoms with van der Waals surface area (Å²) in [6.45, 7) is 12.4. The van der Waals surface area contributed by atoms with E-state index in [0.29, 0.717) is 12.0 Å². The van der Waals surface area contributed by atoms with Crippen molar-refractivity contribution in [3.8, 4) is 0 Å². The Labute approximate surface area is 130 Å². The second-order valence-corrected chi connectivity index (χ2v) is 6.29. The summed E-state index contributed by atoms with van der Waals surface area (Å²) in [4.78, 5) is 0. The lowest BCUT2D eigenvalue weighted by molar-refractivity contribution is 0.553. The summed E-state index contributed by atoms with van der Waals surface area (Å²) in [6.07, 6.45) is 4.87. The predicted octanol–water partition coefficient (Wildman–Crippen LogP) is 5.51. The second-order valence-electron chi connectivity index (χ2n) is 6.29. The van der Waals surface area contributed by atoms with Crippen LogP contribution >= 0.6 is 0 Å². The number of benzene rings is 1. The fourth-order valence-electron chi connectivity index (χ4n) is 3.31. The van der Waals surface area contributed by atoms with E-state index in [-0.39, 0.29) is 0 Å². The van der Waals surface area contributed by atoms with E-state index in [9.17, 15) is 0 Å². The minimum atomic E-state index is 0.404. The molecule has 0 aliphatic heterocycles. The molecule has 0 saturated heterocycles. The second kappa shape index (κ2) is 7.09. The Kier molecular flexibility index (Phi) is 5.41. The number of allylic oxidation sites excluding steroid dienone is 4. The van der Waals surface area contributed by atoms with Crippen LogP contribution in [0.2, 0.25) is 0 Å². The summed E-state index contributed by atoms with van der Waals surface area (Å²) in [5.74, 6) is 0.522. The van der Waals surface area contributed by atoms with Gasteiger partial charge in [0.1, 0.15) is 0 Å². The Morgan fingerprint density at radius 3 is 2.52 bits per heavy atom. The van der Waals surface area contributed by atoms with Crippen molar-refractivity contribution in [1.82, 2.24) is 5.32 Å². The van der Waals surface area contributed by atoms with Crippen LogP contribution in [0.3, 0.4) is 0 Å². The fourth-order valence-corrected chi connectivity index (χ4v) is 3.31. The highest BCUT2D eigenvalue weighted by atomic mass is 14.9. The lowest BCUT2D eigenvalue weighted by atomic mass is 9.88. The van der Waals surface area contributed by atoms with E-state index < -0.39 is 0 Å². The standard InChI is InChI=1S/C20H29N/c1-6-7-12-21-17(5)18-10-8-9-11-19(18)20-15(3)13-14(2)16(20)4/h8-11,13,15,17,21H,6-7,12H2,1-5H3. The number of nitrogens with one attached hydrogen (secondary N) is 1. The molecule has 0 heterocycles. The van der Waals surface area contributed by atoms with Gasteiger partial charge in [-0.1, -0.05) is 56.2 Å². The molecule has 1 aliphatic rings. The smallest absolute Gasteiger partial charge is 0.0297 e. The molecule has 0 fully saturated rings. The number of unbranched alkanes of at least 4 members (excludes halogenated alkanes) is 1. The average molecular weight is 283 g/mol. The molecule has 1 aromatic carbocycles. The third-order valence-corrected chi connectivity index (χ3v) is 4.65. The number of rotatable bonds is 6. The van der Waals surface area contributed by atoms with Crippen molar-refractivity contribution in [2.75, 3.05) is 6.54 Å². The summed E-state index contributed by atoms with van der Waals surface area (Å²) in [5.41, 5.74) is 7.24. The van der Waals surface area contributed by atoms with Crippen molar-refractivity contribution in [2.45, 2.75) is 53.5 Å². The molecule has 0 radical (unpaired) electrons. The van der Waals surface area contributed by atoms with Gasteiger partial charge in [0.05, 0.1) is 0 Å². The van der Waals surface area contributed by atoms with E-state index in [1.165, 1.54) is 40.7 Å². The summed E-state index contributed by atoms with van der Waals surface area (Å²) >= 11 is 0. The molecule has 1 nitrogen and oxygen atoms in total. The Balaban J connectivity index is 2.30. The molecule has 2 atom stereocenters. The first-order chi connectivity index (χ1) is 10.1. The lowest BCUT2D eigenvalue weighted by Crippen LogP contribution is -2.21.